The van der Waals surface area contributed by atoms with Crippen LogP contribution < -0.4 is 11.1 Å². The lowest BCUT2D eigenvalue weighted by molar-refractivity contribution is -0.117. The van der Waals surface area contributed by atoms with Crippen molar-refractivity contribution < 1.29 is 9.53 Å². The number of carbonyl (C=O) groups is 1. The highest BCUT2D eigenvalue weighted by molar-refractivity contribution is 5.90. The molecule has 0 spiro atoms. The van der Waals surface area contributed by atoms with Gasteiger partial charge in [0.2, 0.25) is 5.91 Å². The first kappa shape index (κ1) is 14.8. The van der Waals surface area contributed by atoms with Gasteiger partial charge in [-0.2, -0.15) is 0 Å². The minimum absolute atomic E-state index is 0.0381. The van der Waals surface area contributed by atoms with Crippen molar-refractivity contribution in [1.82, 2.24) is 4.90 Å². The predicted octanol–water partition coefficient (Wildman–Crippen LogP) is 1.71. The number of nitrogens with zero attached hydrogens (tertiary/aromatic N) is 1. The summed E-state index contributed by atoms with van der Waals surface area (Å²) in [6.45, 7) is 5.38. The Hall–Kier alpha value is -1.59. The van der Waals surface area contributed by atoms with E-state index < -0.39 is 0 Å². The van der Waals surface area contributed by atoms with Crippen molar-refractivity contribution in [3.63, 3.8) is 0 Å². The van der Waals surface area contributed by atoms with Gasteiger partial charge in [-0.05, 0) is 30.7 Å². The first-order valence-electron chi connectivity index (χ1n) is 7.16. The number of nitrogen functional groups attached to an aromatic ring is 1. The van der Waals surface area contributed by atoms with Gasteiger partial charge in [0.15, 0.2) is 0 Å². The Labute approximate surface area is 120 Å². The molecular formula is C15H23N3O2. The molecule has 1 unspecified atom stereocenters. The van der Waals surface area contributed by atoms with Crippen molar-refractivity contribution in [3.8, 4) is 0 Å². The Morgan fingerprint density at radius 3 is 2.90 bits per heavy atom. The molecule has 1 aliphatic rings. The molecule has 1 fully saturated rings. The van der Waals surface area contributed by atoms with Crippen LogP contribution in [0.2, 0.25) is 0 Å². The van der Waals surface area contributed by atoms with E-state index in [2.05, 4.69) is 17.1 Å². The minimum atomic E-state index is 0.0381. The van der Waals surface area contributed by atoms with E-state index in [4.69, 9.17) is 10.5 Å². The van der Waals surface area contributed by atoms with Crippen LogP contribution in [0.4, 0.5) is 11.4 Å². The average Bonchev–Trinajstić information content (AvgIpc) is 2.48. The summed E-state index contributed by atoms with van der Waals surface area (Å²) in [5.41, 5.74) is 7.10. The van der Waals surface area contributed by atoms with Crippen LogP contribution in [0.25, 0.3) is 0 Å². The van der Waals surface area contributed by atoms with Gasteiger partial charge in [-0.25, -0.2) is 0 Å². The molecule has 0 saturated carbocycles. The standard InChI is InChI=1S/C15H23N3O2/c1-2-14-11-20-10-9-18(14)8-7-15(19)17-13-5-3-12(16)4-6-13/h3-6,14H,2,7-11,16H2,1H3,(H,17,19). The van der Waals surface area contributed by atoms with E-state index in [1.807, 2.05) is 12.1 Å². The van der Waals surface area contributed by atoms with Gasteiger partial charge < -0.3 is 15.8 Å². The lowest BCUT2D eigenvalue weighted by Gasteiger charge is -2.34. The number of carbonyl (C=O) groups excluding carboxylic acids is 1. The zero-order valence-electron chi connectivity index (χ0n) is 12.0. The third-order valence-corrected chi connectivity index (χ3v) is 3.64. The normalized spacial score (nSPS) is 19.8. The molecule has 5 nitrogen and oxygen atoms in total. The molecule has 0 bridgehead atoms. The van der Waals surface area contributed by atoms with E-state index in [-0.39, 0.29) is 5.91 Å². The highest BCUT2D eigenvalue weighted by Crippen LogP contribution is 2.13. The van der Waals surface area contributed by atoms with Gasteiger partial charge in [-0.1, -0.05) is 6.92 Å². The topological polar surface area (TPSA) is 67.6 Å². The Balaban J connectivity index is 1.78. The number of morpholine rings is 1. The smallest absolute Gasteiger partial charge is 0.225 e. The summed E-state index contributed by atoms with van der Waals surface area (Å²) >= 11 is 0. The van der Waals surface area contributed by atoms with Crippen molar-refractivity contribution in [2.75, 3.05) is 37.4 Å². The molecule has 3 N–H and O–H groups in total. The fourth-order valence-electron chi connectivity index (χ4n) is 2.39. The number of ether oxygens (including phenoxy) is 1. The molecule has 20 heavy (non-hydrogen) atoms. The Kier molecular flexibility index (Phi) is 5.38. The van der Waals surface area contributed by atoms with Crippen LogP contribution >= 0.6 is 0 Å². The van der Waals surface area contributed by atoms with Crippen LogP contribution in [-0.4, -0.2) is 43.2 Å². The fourth-order valence-corrected chi connectivity index (χ4v) is 2.39. The summed E-state index contributed by atoms with van der Waals surface area (Å²) < 4.78 is 5.46. The summed E-state index contributed by atoms with van der Waals surface area (Å²) in [6.07, 6.45) is 1.56. The van der Waals surface area contributed by atoms with Gasteiger partial charge in [0, 0.05) is 36.9 Å². The maximum Gasteiger partial charge on any atom is 0.225 e. The van der Waals surface area contributed by atoms with Crippen molar-refractivity contribution in [2.24, 2.45) is 0 Å². The maximum atomic E-state index is 11.9. The van der Waals surface area contributed by atoms with Gasteiger partial charge in [-0.3, -0.25) is 9.69 Å². The number of hydrogen-bond donors (Lipinski definition) is 2. The maximum absolute atomic E-state index is 11.9. The number of benzene rings is 1. The second kappa shape index (κ2) is 7.26. The second-order valence-electron chi connectivity index (χ2n) is 5.09. The molecule has 0 radical (unpaired) electrons. The van der Waals surface area contributed by atoms with Crippen LogP contribution in [0.3, 0.4) is 0 Å². The molecule has 1 amide bonds. The third-order valence-electron chi connectivity index (χ3n) is 3.64. The number of anilines is 2. The first-order valence-corrected chi connectivity index (χ1v) is 7.16. The molecule has 0 aliphatic carbocycles. The summed E-state index contributed by atoms with van der Waals surface area (Å²) in [5, 5.41) is 2.89. The van der Waals surface area contributed by atoms with Crippen LogP contribution in [0, 0.1) is 0 Å². The van der Waals surface area contributed by atoms with E-state index in [0.29, 0.717) is 18.2 Å². The van der Waals surface area contributed by atoms with Crippen LogP contribution in [0.15, 0.2) is 24.3 Å². The molecule has 1 aliphatic heterocycles. The Morgan fingerprint density at radius 1 is 1.45 bits per heavy atom. The van der Waals surface area contributed by atoms with Gasteiger partial charge in [0.1, 0.15) is 0 Å². The molecule has 1 saturated heterocycles. The molecule has 1 heterocycles. The van der Waals surface area contributed by atoms with Gasteiger partial charge in [-0.15, -0.1) is 0 Å². The fraction of sp³-hybridized carbons (Fsp3) is 0.533. The lowest BCUT2D eigenvalue weighted by Crippen LogP contribution is -2.46. The third kappa shape index (κ3) is 4.21. The van der Waals surface area contributed by atoms with E-state index in [1.54, 1.807) is 12.1 Å². The molecular weight excluding hydrogens is 254 g/mol. The highest BCUT2D eigenvalue weighted by atomic mass is 16.5. The van der Waals surface area contributed by atoms with E-state index in [1.165, 1.54) is 0 Å². The molecule has 1 aromatic rings. The number of rotatable bonds is 5. The van der Waals surface area contributed by atoms with Crippen molar-refractivity contribution >= 4 is 17.3 Å². The number of amides is 1. The quantitative estimate of drug-likeness (QED) is 0.804. The zero-order valence-corrected chi connectivity index (χ0v) is 12.0. The van der Waals surface area contributed by atoms with Crippen LogP contribution in [-0.2, 0) is 9.53 Å². The molecule has 5 heteroatoms. The first-order chi connectivity index (χ1) is 9.69. The number of hydrogen-bond acceptors (Lipinski definition) is 4. The average molecular weight is 277 g/mol. The summed E-state index contributed by atoms with van der Waals surface area (Å²) in [4.78, 5) is 14.3. The highest BCUT2D eigenvalue weighted by Gasteiger charge is 2.21. The summed E-state index contributed by atoms with van der Waals surface area (Å²) in [5.74, 6) is 0.0381. The molecule has 2 rings (SSSR count). The van der Waals surface area contributed by atoms with Crippen molar-refractivity contribution in [3.05, 3.63) is 24.3 Å². The zero-order chi connectivity index (χ0) is 14.4. The second-order valence-corrected chi connectivity index (χ2v) is 5.09. The largest absolute Gasteiger partial charge is 0.399 e. The van der Waals surface area contributed by atoms with E-state index >= 15 is 0 Å². The minimum Gasteiger partial charge on any atom is -0.399 e. The van der Waals surface area contributed by atoms with E-state index in [9.17, 15) is 4.79 Å². The molecule has 1 atom stereocenters. The molecule has 1 aromatic carbocycles. The van der Waals surface area contributed by atoms with Gasteiger partial charge >= 0.3 is 0 Å². The van der Waals surface area contributed by atoms with E-state index in [0.717, 1.165) is 38.4 Å². The van der Waals surface area contributed by atoms with Crippen molar-refractivity contribution in [1.29, 1.82) is 0 Å². The number of nitrogens with two attached hydrogens (primary N) is 1. The van der Waals surface area contributed by atoms with Gasteiger partial charge in [0.05, 0.1) is 13.2 Å². The van der Waals surface area contributed by atoms with Crippen LogP contribution in [0.1, 0.15) is 19.8 Å². The van der Waals surface area contributed by atoms with Crippen LogP contribution in [0.5, 0.6) is 0 Å². The SMILES string of the molecule is CCC1COCCN1CCC(=O)Nc1ccc(N)cc1. The monoisotopic (exact) mass is 277 g/mol. The number of nitrogens with one attached hydrogen (secondary N) is 1. The predicted molar refractivity (Wildman–Crippen MR) is 80.6 cm³/mol. The Bertz CT molecular complexity index is 433. The Morgan fingerprint density at radius 2 is 2.20 bits per heavy atom. The lowest BCUT2D eigenvalue weighted by atomic mass is 10.1. The van der Waals surface area contributed by atoms with Crippen molar-refractivity contribution in [2.45, 2.75) is 25.8 Å². The molecule has 0 aromatic heterocycles. The van der Waals surface area contributed by atoms with Gasteiger partial charge in [0.25, 0.3) is 0 Å². The molecule has 110 valence electrons. The summed E-state index contributed by atoms with van der Waals surface area (Å²) in [7, 11) is 0. The summed E-state index contributed by atoms with van der Waals surface area (Å²) in [6, 6.07) is 7.64.